The van der Waals surface area contributed by atoms with E-state index < -0.39 is 0 Å². The first-order valence-electron chi connectivity index (χ1n) is 5.50. The summed E-state index contributed by atoms with van der Waals surface area (Å²) in [6.45, 7) is 0.685. The third-order valence-electron chi connectivity index (χ3n) is 2.54. The molecule has 1 N–H and O–H groups in total. The average molecular weight is 259 g/mol. The summed E-state index contributed by atoms with van der Waals surface area (Å²) in [5, 5.41) is 4.03. The molecule has 0 fully saturated rings. The molecule has 90 valence electrons. The minimum absolute atomic E-state index is 0.256. The molecule has 0 atom stereocenters. The molecule has 3 nitrogen and oxygen atoms in total. The predicted molar refractivity (Wildman–Crippen MR) is 71.1 cm³/mol. The van der Waals surface area contributed by atoms with Gasteiger partial charge in [0.25, 0.3) is 0 Å². The van der Waals surface area contributed by atoms with E-state index in [0.717, 1.165) is 15.4 Å². The van der Waals surface area contributed by atoms with Crippen LogP contribution in [0.15, 0.2) is 42.7 Å². The number of pyridine rings is 1. The maximum atomic E-state index is 13.0. The number of hydrogen-bond acceptors (Lipinski definition) is 4. The van der Waals surface area contributed by atoms with Crippen LogP contribution < -0.4 is 5.32 Å². The number of anilines is 1. The van der Waals surface area contributed by atoms with Crippen molar-refractivity contribution in [3.05, 3.63) is 54.1 Å². The molecule has 2 heterocycles. The highest BCUT2D eigenvalue weighted by molar-refractivity contribution is 7.22. The van der Waals surface area contributed by atoms with Crippen molar-refractivity contribution >= 4 is 26.7 Å². The third-order valence-corrected chi connectivity index (χ3v) is 3.54. The van der Waals surface area contributed by atoms with Crippen LogP contribution in [-0.2, 0) is 6.54 Å². The van der Waals surface area contributed by atoms with Crippen molar-refractivity contribution in [3.63, 3.8) is 0 Å². The number of fused-ring (bicyclic) bond motifs is 1. The highest BCUT2D eigenvalue weighted by Crippen LogP contribution is 2.26. The van der Waals surface area contributed by atoms with Crippen molar-refractivity contribution in [1.29, 1.82) is 0 Å². The van der Waals surface area contributed by atoms with Crippen molar-refractivity contribution in [1.82, 2.24) is 9.97 Å². The molecular weight excluding hydrogens is 249 g/mol. The quantitative estimate of drug-likeness (QED) is 0.783. The number of aromatic nitrogens is 2. The van der Waals surface area contributed by atoms with E-state index >= 15 is 0 Å². The number of thiazole rings is 1. The Labute approximate surface area is 107 Å². The molecule has 18 heavy (non-hydrogen) atoms. The lowest BCUT2D eigenvalue weighted by molar-refractivity contribution is 0.629. The normalized spacial score (nSPS) is 10.7. The lowest BCUT2D eigenvalue weighted by Crippen LogP contribution is -1.98. The Morgan fingerprint density at radius 1 is 1.17 bits per heavy atom. The van der Waals surface area contributed by atoms with Crippen LogP contribution >= 0.6 is 11.3 Å². The topological polar surface area (TPSA) is 37.8 Å². The van der Waals surface area contributed by atoms with E-state index in [1.165, 1.54) is 23.5 Å². The zero-order valence-corrected chi connectivity index (χ0v) is 10.2. The number of nitrogens with zero attached hydrogens (tertiary/aromatic N) is 2. The van der Waals surface area contributed by atoms with Crippen molar-refractivity contribution in [2.45, 2.75) is 6.54 Å². The van der Waals surface area contributed by atoms with E-state index in [-0.39, 0.29) is 5.82 Å². The maximum absolute atomic E-state index is 13.0. The Bertz CT molecular complexity index is 666. The first-order valence-corrected chi connectivity index (χ1v) is 6.32. The molecule has 0 aliphatic rings. The lowest BCUT2D eigenvalue weighted by atomic mass is 10.3. The summed E-state index contributed by atoms with van der Waals surface area (Å²) in [6.07, 6.45) is 3.51. The molecule has 5 heteroatoms. The van der Waals surface area contributed by atoms with E-state index in [0.29, 0.717) is 12.1 Å². The second-order valence-electron chi connectivity index (χ2n) is 3.84. The molecule has 0 aliphatic heterocycles. The second kappa shape index (κ2) is 4.70. The van der Waals surface area contributed by atoms with Gasteiger partial charge >= 0.3 is 0 Å². The van der Waals surface area contributed by atoms with Gasteiger partial charge in [0.05, 0.1) is 10.2 Å². The molecule has 0 radical (unpaired) electrons. The Balaban J connectivity index is 1.79. The van der Waals surface area contributed by atoms with E-state index in [1.807, 2.05) is 12.1 Å². The van der Waals surface area contributed by atoms with Crippen LogP contribution in [0.1, 0.15) is 5.56 Å². The van der Waals surface area contributed by atoms with Gasteiger partial charge < -0.3 is 5.32 Å². The number of hydrogen-bond donors (Lipinski definition) is 1. The Hall–Kier alpha value is -2.01. The summed E-state index contributed by atoms with van der Waals surface area (Å²) >= 11 is 1.52. The van der Waals surface area contributed by atoms with Gasteiger partial charge in [0, 0.05) is 25.0 Å². The molecule has 3 aromatic rings. The molecule has 0 unspecified atom stereocenters. The third kappa shape index (κ3) is 2.31. The van der Waals surface area contributed by atoms with Gasteiger partial charge in [-0.2, -0.15) is 0 Å². The molecule has 0 amide bonds. The summed E-state index contributed by atoms with van der Waals surface area (Å²) in [7, 11) is 0. The van der Waals surface area contributed by atoms with E-state index in [9.17, 15) is 4.39 Å². The molecule has 0 aliphatic carbocycles. The average Bonchev–Trinajstić information content (AvgIpc) is 2.79. The summed E-state index contributed by atoms with van der Waals surface area (Å²) in [5.74, 6) is -0.256. The van der Waals surface area contributed by atoms with Crippen LogP contribution in [0.5, 0.6) is 0 Å². The second-order valence-corrected chi connectivity index (χ2v) is 4.87. The summed E-state index contributed by atoms with van der Waals surface area (Å²) < 4.78 is 14.0. The molecule has 0 saturated carbocycles. The highest BCUT2D eigenvalue weighted by Gasteiger charge is 2.04. The SMILES string of the molecule is Fc1ccc2sc(NCc3ccncc3)nc2c1. The van der Waals surface area contributed by atoms with Gasteiger partial charge in [-0.3, -0.25) is 4.98 Å². The Morgan fingerprint density at radius 2 is 2.00 bits per heavy atom. The molecule has 0 spiro atoms. The van der Waals surface area contributed by atoms with Gasteiger partial charge in [-0.15, -0.1) is 0 Å². The van der Waals surface area contributed by atoms with E-state index in [1.54, 1.807) is 18.5 Å². The van der Waals surface area contributed by atoms with Crippen LogP contribution in [-0.4, -0.2) is 9.97 Å². The van der Waals surface area contributed by atoms with Crippen LogP contribution in [0.2, 0.25) is 0 Å². The Morgan fingerprint density at radius 3 is 2.83 bits per heavy atom. The van der Waals surface area contributed by atoms with Gasteiger partial charge in [0.15, 0.2) is 5.13 Å². The van der Waals surface area contributed by atoms with Crippen LogP contribution in [0.25, 0.3) is 10.2 Å². The van der Waals surface area contributed by atoms with Gasteiger partial charge in [-0.05, 0) is 29.8 Å². The lowest BCUT2D eigenvalue weighted by Gasteiger charge is -2.01. The van der Waals surface area contributed by atoms with Crippen LogP contribution in [0, 0.1) is 5.82 Å². The first-order chi connectivity index (χ1) is 8.81. The first kappa shape index (κ1) is 11.1. The Kier molecular flexibility index (Phi) is 2.90. The molecule has 2 aromatic heterocycles. The highest BCUT2D eigenvalue weighted by atomic mass is 32.1. The molecule has 1 aromatic carbocycles. The van der Waals surface area contributed by atoms with Crippen LogP contribution in [0.4, 0.5) is 9.52 Å². The minimum atomic E-state index is -0.256. The number of benzene rings is 1. The van der Waals surface area contributed by atoms with Gasteiger partial charge in [0.2, 0.25) is 0 Å². The maximum Gasteiger partial charge on any atom is 0.184 e. The van der Waals surface area contributed by atoms with Gasteiger partial charge in [-0.1, -0.05) is 11.3 Å². The number of halogens is 1. The van der Waals surface area contributed by atoms with E-state index in [4.69, 9.17) is 0 Å². The van der Waals surface area contributed by atoms with Crippen molar-refractivity contribution in [3.8, 4) is 0 Å². The fourth-order valence-electron chi connectivity index (χ4n) is 1.65. The fourth-order valence-corrected chi connectivity index (χ4v) is 2.50. The van der Waals surface area contributed by atoms with Crippen molar-refractivity contribution < 1.29 is 4.39 Å². The summed E-state index contributed by atoms with van der Waals surface area (Å²) in [4.78, 5) is 8.30. The minimum Gasteiger partial charge on any atom is -0.357 e. The number of rotatable bonds is 3. The predicted octanol–water partition coefficient (Wildman–Crippen LogP) is 3.44. The molecule has 0 saturated heterocycles. The van der Waals surface area contributed by atoms with Crippen molar-refractivity contribution in [2.75, 3.05) is 5.32 Å². The number of nitrogens with one attached hydrogen (secondary N) is 1. The zero-order valence-electron chi connectivity index (χ0n) is 9.43. The monoisotopic (exact) mass is 259 g/mol. The van der Waals surface area contributed by atoms with E-state index in [2.05, 4.69) is 15.3 Å². The summed E-state index contributed by atoms with van der Waals surface area (Å²) in [6, 6.07) is 8.54. The largest absolute Gasteiger partial charge is 0.357 e. The molecule has 0 bridgehead atoms. The fraction of sp³-hybridized carbons (Fsp3) is 0.0769. The van der Waals surface area contributed by atoms with Crippen molar-refractivity contribution in [2.24, 2.45) is 0 Å². The molecular formula is C13H10FN3S. The van der Waals surface area contributed by atoms with Crippen LogP contribution in [0.3, 0.4) is 0 Å². The van der Waals surface area contributed by atoms with Gasteiger partial charge in [-0.25, -0.2) is 9.37 Å². The summed E-state index contributed by atoms with van der Waals surface area (Å²) in [5.41, 5.74) is 1.83. The molecule has 3 rings (SSSR count). The zero-order chi connectivity index (χ0) is 12.4. The smallest absolute Gasteiger partial charge is 0.184 e. The standard InChI is InChI=1S/C13H10FN3S/c14-10-1-2-12-11(7-10)17-13(18-12)16-8-9-3-5-15-6-4-9/h1-7H,8H2,(H,16,17). The van der Waals surface area contributed by atoms with Gasteiger partial charge in [0.1, 0.15) is 5.82 Å².